The van der Waals surface area contributed by atoms with E-state index in [4.69, 9.17) is 39.4 Å². The number of aliphatic imine (C=N–C) groups is 1. The molecule has 1 saturated heterocycles. The van der Waals surface area contributed by atoms with E-state index in [-0.39, 0.29) is 16.7 Å². The number of nitrogen functional groups attached to an aromatic ring is 1. The van der Waals surface area contributed by atoms with Crippen molar-refractivity contribution in [3.63, 3.8) is 0 Å². The molecule has 35 heavy (non-hydrogen) atoms. The van der Waals surface area contributed by atoms with Gasteiger partial charge in [-0.2, -0.15) is 0 Å². The van der Waals surface area contributed by atoms with Crippen LogP contribution in [0.15, 0.2) is 47.1 Å². The van der Waals surface area contributed by atoms with Crippen molar-refractivity contribution >= 4 is 46.7 Å². The predicted molar refractivity (Wildman–Crippen MR) is 137 cm³/mol. The summed E-state index contributed by atoms with van der Waals surface area (Å²) < 4.78 is 20.0. The van der Waals surface area contributed by atoms with E-state index in [1.54, 1.807) is 25.4 Å². The number of hydrogen-bond acceptors (Lipinski definition) is 6. The first-order valence-corrected chi connectivity index (χ1v) is 11.9. The van der Waals surface area contributed by atoms with Gasteiger partial charge in [0.15, 0.2) is 11.6 Å². The minimum Gasteiger partial charge on any atom is -0.482 e. The lowest BCUT2D eigenvalue weighted by molar-refractivity contribution is -0.120. The predicted octanol–water partition coefficient (Wildman–Crippen LogP) is 4.45. The summed E-state index contributed by atoms with van der Waals surface area (Å²) >= 11 is 12.4. The first-order valence-electron chi connectivity index (χ1n) is 11.2. The number of nitrogens with zero attached hydrogens (tertiary/aromatic N) is 3. The summed E-state index contributed by atoms with van der Waals surface area (Å²) in [7, 11) is 0. The summed E-state index contributed by atoms with van der Waals surface area (Å²) in [5, 5.41) is 0.210. The highest BCUT2D eigenvalue weighted by molar-refractivity contribution is 6.36. The van der Waals surface area contributed by atoms with Gasteiger partial charge in [0.1, 0.15) is 11.9 Å². The second-order valence-corrected chi connectivity index (χ2v) is 9.52. The Labute approximate surface area is 213 Å². The van der Waals surface area contributed by atoms with Gasteiger partial charge in [0.2, 0.25) is 5.91 Å². The van der Waals surface area contributed by atoms with Gasteiger partial charge in [0.05, 0.1) is 18.1 Å². The van der Waals surface area contributed by atoms with Gasteiger partial charge in [-0.15, -0.1) is 0 Å². The molecule has 3 heterocycles. The Bertz CT molecular complexity index is 1220. The monoisotopic (exact) mass is 517 g/mol. The molecule has 4 rings (SSSR count). The summed E-state index contributed by atoms with van der Waals surface area (Å²) in [6.45, 7) is 4.36. The van der Waals surface area contributed by atoms with Crippen LogP contribution in [0.5, 0.6) is 5.75 Å². The number of dihydropyridines is 1. The number of anilines is 1. The maximum Gasteiger partial charge on any atom is 0.231 e. The van der Waals surface area contributed by atoms with E-state index in [2.05, 4.69) is 22.1 Å². The molecule has 1 fully saturated rings. The van der Waals surface area contributed by atoms with Gasteiger partial charge < -0.3 is 16.2 Å². The Balaban J connectivity index is 1.47. The fourth-order valence-electron chi connectivity index (χ4n) is 4.18. The quantitative estimate of drug-likeness (QED) is 0.503. The number of allylic oxidation sites excluding steroid dienone is 2. The van der Waals surface area contributed by atoms with Crippen LogP contribution in [0.25, 0.3) is 5.57 Å². The molecule has 10 heteroatoms. The Kier molecular flexibility index (Phi) is 7.74. The van der Waals surface area contributed by atoms with Crippen LogP contribution in [0, 0.1) is 11.7 Å². The van der Waals surface area contributed by atoms with Crippen LogP contribution in [0.3, 0.4) is 0 Å². The highest BCUT2D eigenvalue weighted by Crippen LogP contribution is 2.36. The number of amides is 1. The number of hydrogen-bond donors (Lipinski definition) is 2. The van der Waals surface area contributed by atoms with Crippen LogP contribution >= 0.6 is 23.2 Å². The van der Waals surface area contributed by atoms with Crippen LogP contribution in [0.2, 0.25) is 10.0 Å². The molecule has 2 aliphatic rings. The molecule has 1 aromatic heterocycles. The maximum atomic E-state index is 14.0. The van der Waals surface area contributed by atoms with Gasteiger partial charge in [-0.05, 0) is 49.1 Å². The van der Waals surface area contributed by atoms with E-state index >= 15 is 0 Å². The smallest absolute Gasteiger partial charge is 0.231 e. The zero-order chi connectivity index (χ0) is 25.1. The van der Waals surface area contributed by atoms with Crippen molar-refractivity contribution in [3.05, 3.63) is 69.1 Å². The molecule has 7 nitrogen and oxygen atoms in total. The molecular weight excluding hydrogens is 492 g/mol. The first-order chi connectivity index (χ1) is 16.7. The van der Waals surface area contributed by atoms with Gasteiger partial charge in [-0.1, -0.05) is 29.3 Å². The van der Waals surface area contributed by atoms with Crippen molar-refractivity contribution in [2.24, 2.45) is 16.6 Å². The van der Waals surface area contributed by atoms with Crippen LogP contribution in [0.4, 0.5) is 10.2 Å². The zero-order valence-corrected chi connectivity index (χ0v) is 20.7. The highest BCUT2D eigenvalue weighted by Gasteiger charge is 2.26. The number of halogens is 3. The van der Waals surface area contributed by atoms with Crippen LogP contribution in [0.1, 0.15) is 30.6 Å². The molecule has 0 bridgehead atoms. The summed E-state index contributed by atoms with van der Waals surface area (Å²) in [4.78, 5) is 21.8. The van der Waals surface area contributed by atoms with Gasteiger partial charge in [0, 0.05) is 47.2 Å². The number of primary amides is 1. The lowest BCUT2D eigenvalue weighted by Gasteiger charge is -2.38. The molecule has 1 atom stereocenters. The molecular formula is C25H26Cl2FN5O2. The molecule has 0 saturated carbocycles. The third-order valence-electron chi connectivity index (χ3n) is 5.98. The number of rotatable bonds is 8. The number of benzene rings is 1. The van der Waals surface area contributed by atoms with E-state index < -0.39 is 11.9 Å². The zero-order valence-electron chi connectivity index (χ0n) is 19.2. The van der Waals surface area contributed by atoms with Crippen molar-refractivity contribution in [1.82, 2.24) is 9.88 Å². The number of ether oxygens (including phenoxy) is 1. The summed E-state index contributed by atoms with van der Waals surface area (Å²) in [6.07, 6.45) is 7.94. The normalized spacial score (nSPS) is 18.3. The average molecular weight is 518 g/mol. The van der Waals surface area contributed by atoms with Crippen molar-refractivity contribution in [3.8, 4) is 5.75 Å². The number of likely N-dealkylation sites (tertiary alicyclic amines) is 1. The number of carbonyl (C=O) groups excluding carboxylic acids is 1. The summed E-state index contributed by atoms with van der Waals surface area (Å²) in [5.41, 5.74) is 14.4. The van der Waals surface area contributed by atoms with E-state index in [0.29, 0.717) is 35.3 Å². The molecule has 2 aliphatic heterocycles. The van der Waals surface area contributed by atoms with Crippen LogP contribution in [-0.2, 0) is 4.79 Å². The number of aromatic nitrogens is 1. The number of pyridine rings is 1. The molecule has 4 N–H and O–H groups in total. The lowest BCUT2D eigenvalue weighted by atomic mass is 9.94. The molecule has 1 unspecified atom stereocenters. The second kappa shape index (κ2) is 10.8. The van der Waals surface area contributed by atoms with Gasteiger partial charge in [-0.3, -0.25) is 14.7 Å². The molecule has 0 aliphatic carbocycles. The van der Waals surface area contributed by atoms with E-state index in [1.807, 2.05) is 4.90 Å². The van der Waals surface area contributed by atoms with Crippen molar-refractivity contribution in [1.29, 1.82) is 0 Å². The largest absolute Gasteiger partial charge is 0.482 e. The summed E-state index contributed by atoms with van der Waals surface area (Å²) in [6, 6.07) is 4.42. The van der Waals surface area contributed by atoms with Gasteiger partial charge in [-0.25, -0.2) is 9.37 Å². The topological polar surface area (TPSA) is 107 Å². The summed E-state index contributed by atoms with van der Waals surface area (Å²) in [5.74, 6) is 0.158. The molecule has 0 radical (unpaired) electrons. The second-order valence-electron chi connectivity index (χ2n) is 8.73. The van der Waals surface area contributed by atoms with Crippen molar-refractivity contribution in [2.45, 2.75) is 19.4 Å². The Morgan fingerprint density at radius 2 is 2.14 bits per heavy atom. The molecule has 2 aromatic rings. The lowest BCUT2D eigenvalue weighted by Crippen LogP contribution is -2.49. The SMILES string of the molecule is CC(Oc1cc(C2=C/C(=C\CC3CN(CC(N)=O)C3)CN=C2)cnc1N)c1c(Cl)ccc(F)c1Cl. The van der Waals surface area contributed by atoms with Crippen molar-refractivity contribution < 1.29 is 13.9 Å². The Morgan fingerprint density at radius 3 is 2.89 bits per heavy atom. The molecule has 1 aromatic carbocycles. The Hall–Kier alpha value is -2.94. The number of nitrogens with two attached hydrogens (primary N) is 2. The van der Waals surface area contributed by atoms with Crippen LogP contribution < -0.4 is 16.2 Å². The third-order valence-corrected chi connectivity index (χ3v) is 6.69. The van der Waals surface area contributed by atoms with Crippen molar-refractivity contribution in [2.75, 3.05) is 31.9 Å². The molecule has 0 spiro atoms. The average Bonchev–Trinajstić information content (AvgIpc) is 2.79. The van der Waals surface area contributed by atoms with Gasteiger partial charge in [0.25, 0.3) is 0 Å². The fraction of sp³-hybridized carbons (Fsp3) is 0.320. The molecule has 184 valence electrons. The van der Waals surface area contributed by atoms with E-state index in [0.717, 1.165) is 36.2 Å². The molecule has 1 amide bonds. The highest BCUT2D eigenvalue weighted by atomic mass is 35.5. The fourth-order valence-corrected chi connectivity index (χ4v) is 4.86. The van der Waals surface area contributed by atoms with E-state index in [1.165, 1.54) is 12.1 Å². The Morgan fingerprint density at radius 1 is 1.37 bits per heavy atom. The van der Waals surface area contributed by atoms with E-state index in [9.17, 15) is 9.18 Å². The number of carbonyl (C=O) groups is 1. The third kappa shape index (κ3) is 6.01. The first kappa shape index (κ1) is 25.2. The minimum absolute atomic E-state index is 0.0891. The van der Waals surface area contributed by atoms with Gasteiger partial charge >= 0.3 is 0 Å². The minimum atomic E-state index is -0.661. The van der Waals surface area contributed by atoms with Crippen LogP contribution in [-0.4, -0.2) is 48.2 Å². The maximum absolute atomic E-state index is 14.0. The standard InChI is InChI=1S/C25H26Cl2FN5O2/c1-14(23-19(26)4-5-20(28)24(23)27)35-21-7-18(10-32-25(21)30)17-6-15(8-31-9-17)2-3-16-11-33(12-16)13-22(29)34/h2,4-7,9-10,14,16H,3,8,11-13H2,1H3,(H2,29,34)(H2,30,32)/b15-2+.